The molecule has 2 atom stereocenters. The van der Waals surface area contributed by atoms with Crippen LogP contribution in [-0.4, -0.2) is 24.0 Å². The number of methoxy groups -OCH3 is 1. The van der Waals surface area contributed by atoms with E-state index >= 15 is 0 Å². The Kier molecular flexibility index (Phi) is 4.28. The molecule has 1 aliphatic heterocycles. The molecule has 21 heavy (non-hydrogen) atoms. The summed E-state index contributed by atoms with van der Waals surface area (Å²) in [6.07, 6.45) is 3.38. The fraction of sp³-hybridized carbons (Fsp3) is 0.267. The number of fused-ring (bicyclic) bond motifs is 1. The van der Waals surface area contributed by atoms with Gasteiger partial charge in [-0.1, -0.05) is 12.1 Å². The van der Waals surface area contributed by atoms with Crippen molar-refractivity contribution in [3.63, 3.8) is 0 Å². The van der Waals surface area contributed by atoms with Crippen LogP contribution in [0, 0.1) is 0 Å². The number of para-hydroxylation sites is 1. The van der Waals surface area contributed by atoms with Gasteiger partial charge in [0.25, 0.3) is 0 Å². The predicted octanol–water partition coefficient (Wildman–Crippen LogP) is 2.15. The standard InChI is InChI=1S/C15H17N3O2S/c1-19-11-6-10(7-17-8-11)15(18-16)13-9-21-14-5-3-2-4-12(14)20-13/h2-8,13,15,18H,9,16H2,1H3. The van der Waals surface area contributed by atoms with Crippen LogP contribution in [0.15, 0.2) is 47.6 Å². The summed E-state index contributed by atoms with van der Waals surface area (Å²) in [7, 11) is 1.62. The number of pyridine rings is 1. The quantitative estimate of drug-likeness (QED) is 0.666. The molecule has 1 aromatic heterocycles. The Morgan fingerprint density at radius 2 is 2.29 bits per heavy atom. The van der Waals surface area contributed by atoms with Crippen molar-refractivity contribution in [2.45, 2.75) is 17.0 Å². The summed E-state index contributed by atoms with van der Waals surface area (Å²) in [6, 6.07) is 9.81. The van der Waals surface area contributed by atoms with Crippen LogP contribution in [0.3, 0.4) is 0 Å². The average Bonchev–Trinajstić information content (AvgIpc) is 2.56. The molecule has 0 bridgehead atoms. The number of aromatic nitrogens is 1. The zero-order chi connectivity index (χ0) is 14.7. The maximum absolute atomic E-state index is 6.08. The second kappa shape index (κ2) is 6.34. The van der Waals surface area contributed by atoms with Gasteiger partial charge in [-0.15, -0.1) is 11.8 Å². The van der Waals surface area contributed by atoms with Crippen molar-refractivity contribution in [2.24, 2.45) is 5.84 Å². The number of nitrogens with two attached hydrogens (primary N) is 1. The van der Waals surface area contributed by atoms with E-state index in [2.05, 4.69) is 16.5 Å². The lowest BCUT2D eigenvalue weighted by Crippen LogP contribution is -2.42. The minimum Gasteiger partial charge on any atom is -0.495 e. The molecule has 0 aliphatic carbocycles. The summed E-state index contributed by atoms with van der Waals surface area (Å²) in [5, 5.41) is 0. The van der Waals surface area contributed by atoms with Crippen LogP contribution in [0.2, 0.25) is 0 Å². The van der Waals surface area contributed by atoms with Crippen LogP contribution < -0.4 is 20.7 Å². The maximum atomic E-state index is 6.08. The number of rotatable bonds is 4. The number of hydrazine groups is 1. The SMILES string of the molecule is COc1cncc(C(NN)C2CSc3ccccc3O2)c1. The number of ether oxygens (including phenoxy) is 2. The monoisotopic (exact) mass is 303 g/mol. The zero-order valence-electron chi connectivity index (χ0n) is 11.7. The summed E-state index contributed by atoms with van der Waals surface area (Å²) in [4.78, 5) is 5.34. The third kappa shape index (κ3) is 2.97. The molecular weight excluding hydrogens is 286 g/mol. The fourth-order valence-electron chi connectivity index (χ4n) is 2.34. The van der Waals surface area contributed by atoms with Gasteiger partial charge >= 0.3 is 0 Å². The summed E-state index contributed by atoms with van der Waals surface area (Å²) in [6.45, 7) is 0. The minimum atomic E-state index is -0.145. The maximum Gasteiger partial charge on any atom is 0.137 e. The van der Waals surface area contributed by atoms with E-state index in [0.717, 1.165) is 22.0 Å². The highest BCUT2D eigenvalue weighted by Gasteiger charge is 2.29. The highest BCUT2D eigenvalue weighted by atomic mass is 32.2. The van der Waals surface area contributed by atoms with Gasteiger partial charge in [-0.3, -0.25) is 10.8 Å². The summed E-state index contributed by atoms with van der Waals surface area (Å²) in [5.41, 5.74) is 3.78. The first-order valence-corrected chi connectivity index (χ1v) is 7.64. The summed E-state index contributed by atoms with van der Waals surface area (Å²) < 4.78 is 11.3. The zero-order valence-corrected chi connectivity index (χ0v) is 12.5. The van der Waals surface area contributed by atoms with Crippen LogP contribution in [0.1, 0.15) is 11.6 Å². The van der Waals surface area contributed by atoms with Crippen molar-refractivity contribution in [2.75, 3.05) is 12.9 Å². The highest BCUT2D eigenvalue weighted by molar-refractivity contribution is 7.99. The first kappa shape index (κ1) is 14.2. The molecule has 2 heterocycles. The van der Waals surface area contributed by atoms with Gasteiger partial charge in [0.15, 0.2) is 0 Å². The molecule has 6 heteroatoms. The molecule has 110 valence electrons. The second-order valence-electron chi connectivity index (χ2n) is 4.72. The number of hydrogen-bond acceptors (Lipinski definition) is 6. The molecule has 0 saturated carbocycles. The lowest BCUT2D eigenvalue weighted by atomic mass is 10.0. The molecule has 1 aromatic carbocycles. The van der Waals surface area contributed by atoms with E-state index < -0.39 is 0 Å². The molecule has 0 fully saturated rings. The van der Waals surface area contributed by atoms with E-state index in [1.54, 1.807) is 31.3 Å². The Bertz CT molecular complexity index is 623. The Morgan fingerprint density at radius 3 is 3.10 bits per heavy atom. The van der Waals surface area contributed by atoms with E-state index in [0.29, 0.717) is 5.75 Å². The Balaban J connectivity index is 1.84. The second-order valence-corrected chi connectivity index (χ2v) is 5.78. The predicted molar refractivity (Wildman–Crippen MR) is 82.4 cm³/mol. The number of nitrogens with one attached hydrogen (secondary N) is 1. The molecule has 0 radical (unpaired) electrons. The number of thioether (sulfide) groups is 1. The van der Waals surface area contributed by atoms with Crippen molar-refractivity contribution in [3.8, 4) is 11.5 Å². The molecule has 0 amide bonds. The molecule has 0 saturated heterocycles. The van der Waals surface area contributed by atoms with Crippen LogP contribution >= 0.6 is 11.8 Å². The van der Waals surface area contributed by atoms with Crippen molar-refractivity contribution < 1.29 is 9.47 Å². The molecule has 2 aromatic rings. The van der Waals surface area contributed by atoms with E-state index in [9.17, 15) is 0 Å². The lowest BCUT2D eigenvalue weighted by Gasteiger charge is -2.31. The van der Waals surface area contributed by atoms with E-state index in [-0.39, 0.29) is 12.1 Å². The first-order chi connectivity index (χ1) is 10.3. The van der Waals surface area contributed by atoms with Crippen molar-refractivity contribution in [1.82, 2.24) is 10.4 Å². The molecule has 3 N–H and O–H groups in total. The molecule has 0 spiro atoms. The molecule has 3 rings (SSSR count). The molecular formula is C15H17N3O2S. The lowest BCUT2D eigenvalue weighted by molar-refractivity contribution is 0.166. The van der Waals surface area contributed by atoms with Crippen molar-refractivity contribution >= 4 is 11.8 Å². The van der Waals surface area contributed by atoms with Gasteiger partial charge in [-0.05, 0) is 23.8 Å². The van der Waals surface area contributed by atoms with Crippen LogP contribution in [0.4, 0.5) is 0 Å². The van der Waals surface area contributed by atoms with Gasteiger partial charge in [0, 0.05) is 16.8 Å². The topological polar surface area (TPSA) is 69.4 Å². The highest BCUT2D eigenvalue weighted by Crippen LogP contribution is 2.38. The van der Waals surface area contributed by atoms with Gasteiger partial charge in [-0.2, -0.15) is 0 Å². The number of nitrogens with zero attached hydrogens (tertiary/aromatic N) is 1. The van der Waals surface area contributed by atoms with Crippen LogP contribution in [0.25, 0.3) is 0 Å². The Labute approximate surface area is 127 Å². The molecule has 5 nitrogen and oxygen atoms in total. The first-order valence-electron chi connectivity index (χ1n) is 6.65. The van der Waals surface area contributed by atoms with E-state index in [1.807, 2.05) is 24.3 Å². The van der Waals surface area contributed by atoms with Crippen molar-refractivity contribution in [1.29, 1.82) is 0 Å². The largest absolute Gasteiger partial charge is 0.495 e. The fourth-order valence-corrected chi connectivity index (χ4v) is 3.37. The van der Waals surface area contributed by atoms with Crippen molar-refractivity contribution in [3.05, 3.63) is 48.3 Å². The smallest absolute Gasteiger partial charge is 0.137 e. The third-order valence-electron chi connectivity index (χ3n) is 3.41. The Morgan fingerprint density at radius 1 is 1.43 bits per heavy atom. The summed E-state index contributed by atoms with van der Waals surface area (Å²) in [5.74, 6) is 8.17. The van der Waals surface area contributed by atoms with Gasteiger partial charge in [0.1, 0.15) is 17.6 Å². The summed E-state index contributed by atoms with van der Waals surface area (Å²) >= 11 is 1.77. The minimum absolute atomic E-state index is 0.0659. The van der Waals surface area contributed by atoms with Gasteiger partial charge in [0.05, 0.1) is 19.3 Å². The average molecular weight is 303 g/mol. The van der Waals surface area contributed by atoms with Gasteiger partial charge < -0.3 is 9.47 Å². The Hall–Kier alpha value is -1.76. The normalized spacial score (nSPS) is 18.5. The number of hydrogen-bond donors (Lipinski definition) is 2. The van der Waals surface area contributed by atoms with Crippen LogP contribution in [0.5, 0.6) is 11.5 Å². The molecule has 2 unspecified atom stereocenters. The van der Waals surface area contributed by atoms with Crippen LogP contribution in [-0.2, 0) is 0 Å². The van der Waals surface area contributed by atoms with E-state index in [1.165, 1.54) is 0 Å². The number of benzene rings is 1. The van der Waals surface area contributed by atoms with E-state index in [4.69, 9.17) is 15.3 Å². The van der Waals surface area contributed by atoms with Gasteiger partial charge in [-0.25, -0.2) is 5.43 Å². The molecule has 1 aliphatic rings. The third-order valence-corrected chi connectivity index (χ3v) is 4.55. The van der Waals surface area contributed by atoms with Gasteiger partial charge in [0.2, 0.25) is 0 Å².